The van der Waals surface area contributed by atoms with E-state index in [4.69, 9.17) is 0 Å². The summed E-state index contributed by atoms with van der Waals surface area (Å²) in [4.78, 5) is 5.54. The lowest BCUT2D eigenvalue weighted by Gasteiger charge is -2.35. The fourth-order valence-electron chi connectivity index (χ4n) is 6.04. The zero-order valence-electron chi connectivity index (χ0n) is 19.7. The molecule has 3 aromatic rings. The highest BCUT2D eigenvalue weighted by Crippen LogP contribution is 2.33. The van der Waals surface area contributed by atoms with Gasteiger partial charge >= 0.3 is 0 Å². The van der Waals surface area contributed by atoms with E-state index in [-0.39, 0.29) is 0 Å². The van der Waals surface area contributed by atoms with E-state index in [1.54, 1.807) is 9.69 Å². The smallest absolute Gasteiger partial charge is 0.244 e. The second-order valence-corrected chi connectivity index (χ2v) is 12.7. The topological polar surface area (TPSA) is 43.9 Å². The summed E-state index contributed by atoms with van der Waals surface area (Å²) in [7, 11) is -3.47. The maximum absolute atomic E-state index is 13.4. The lowest BCUT2D eigenvalue weighted by atomic mass is 10.0. The van der Waals surface area contributed by atoms with Gasteiger partial charge in [-0.3, -0.25) is 4.90 Å². The molecule has 34 heavy (non-hydrogen) atoms. The van der Waals surface area contributed by atoms with Crippen molar-refractivity contribution >= 4 is 37.1 Å². The van der Waals surface area contributed by atoms with Crippen LogP contribution in [0.5, 0.6) is 0 Å². The van der Waals surface area contributed by atoms with E-state index in [1.807, 2.05) is 24.3 Å². The maximum atomic E-state index is 13.4. The summed E-state index contributed by atoms with van der Waals surface area (Å²) < 4.78 is 29.5. The average Bonchev–Trinajstić information content (AvgIpc) is 3.51. The Balaban J connectivity index is 1.14. The number of anilines is 1. The molecular weight excluding hydrogens is 462 g/mol. The molecule has 6 rings (SSSR count). The molecule has 0 amide bonds. The van der Waals surface area contributed by atoms with E-state index in [9.17, 15) is 8.42 Å². The Morgan fingerprint density at radius 2 is 1.56 bits per heavy atom. The van der Waals surface area contributed by atoms with Gasteiger partial charge in [-0.05, 0) is 55.0 Å². The number of rotatable bonds is 4. The standard InChI is InChI=1S/C27H33N3O2S2/c31-34(32,27-20-33-26-8-4-3-7-25(26)27)30-17-15-29(16-18-30)24-10-9-21-11-13-28(14-12-22(21)19-24)23-5-1-2-6-23/h3-4,7-10,19-20,23H,1-2,5-6,11-18H2. The summed E-state index contributed by atoms with van der Waals surface area (Å²) in [5.41, 5.74) is 4.22. The number of sulfonamides is 1. The van der Waals surface area contributed by atoms with E-state index in [0.29, 0.717) is 18.0 Å². The molecule has 180 valence electrons. The lowest BCUT2D eigenvalue weighted by Crippen LogP contribution is -2.48. The van der Waals surface area contributed by atoms with Crippen LogP contribution in [0, 0.1) is 0 Å². The van der Waals surface area contributed by atoms with Crippen molar-refractivity contribution in [2.45, 2.75) is 49.5 Å². The molecule has 1 aliphatic carbocycles. The summed E-state index contributed by atoms with van der Waals surface area (Å²) in [6, 6.07) is 15.5. The Kier molecular flexibility index (Phi) is 6.14. The van der Waals surface area contributed by atoms with E-state index in [0.717, 1.165) is 42.1 Å². The van der Waals surface area contributed by atoms with Crippen LogP contribution in [0.1, 0.15) is 36.8 Å². The second-order valence-electron chi connectivity index (χ2n) is 9.91. The number of piperazine rings is 1. The number of hydrogen-bond donors (Lipinski definition) is 0. The second kappa shape index (κ2) is 9.26. The van der Waals surface area contributed by atoms with E-state index < -0.39 is 10.0 Å². The van der Waals surface area contributed by atoms with Gasteiger partial charge in [0.2, 0.25) is 10.0 Å². The van der Waals surface area contributed by atoms with Crippen molar-refractivity contribution < 1.29 is 8.42 Å². The van der Waals surface area contributed by atoms with Gasteiger partial charge in [-0.15, -0.1) is 11.3 Å². The van der Waals surface area contributed by atoms with Crippen molar-refractivity contribution in [3.05, 3.63) is 59.0 Å². The first-order valence-electron chi connectivity index (χ1n) is 12.7. The molecule has 0 spiro atoms. The van der Waals surface area contributed by atoms with Crippen LogP contribution in [0.2, 0.25) is 0 Å². The SMILES string of the molecule is O=S(=O)(c1csc2ccccc12)N1CCN(c2ccc3c(c2)CCN(C2CCCC2)CC3)CC1. The maximum Gasteiger partial charge on any atom is 0.244 e. The fraction of sp³-hybridized carbons (Fsp3) is 0.481. The van der Waals surface area contributed by atoms with Crippen LogP contribution >= 0.6 is 11.3 Å². The molecule has 2 aromatic carbocycles. The van der Waals surface area contributed by atoms with E-state index in [2.05, 4.69) is 28.0 Å². The summed E-state index contributed by atoms with van der Waals surface area (Å²) >= 11 is 1.51. The normalized spacial score (nSPS) is 21.1. The Labute approximate surface area is 207 Å². The van der Waals surface area contributed by atoms with E-state index >= 15 is 0 Å². The molecule has 0 bridgehead atoms. The molecule has 0 N–H and O–H groups in total. The molecule has 2 aliphatic heterocycles. The highest BCUT2D eigenvalue weighted by atomic mass is 32.2. The van der Waals surface area contributed by atoms with Gasteiger partial charge in [-0.25, -0.2) is 8.42 Å². The van der Waals surface area contributed by atoms with Crippen molar-refractivity contribution in [1.82, 2.24) is 9.21 Å². The third kappa shape index (κ3) is 4.17. The third-order valence-corrected chi connectivity index (χ3v) is 11.1. The van der Waals surface area contributed by atoms with Gasteiger partial charge in [0.1, 0.15) is 4.90 Å². The first-order chi connectivity index (χ1) is 16.6. The molecule has 5 nitrogen and oxygen atoms in total. The molecule has 2 fully saturated rings. The zero-order valence-corrected chi connectivity index (χ0v) is 21.3. The van der Waals surface area contributed by atoms with Gasteiger partial charge in [0.25, 0.3) is 0 Å². The van der Waals surface area contributed by atoms with Crippen LogP contribution < -0.4 is 4.90 Å². The highest BCUT2D eigenvalue weighted by Gasteiger charge is 2.31. The summed E-state index contributed by atoms with van der Waals surface area (Å²) in [5.74, 6) is 0. The van der Waals surface area contributed by atoms with Crippen molar-refractivity contribution in [3.63, 3.8) is 0 Å². The average molecular weight is 496 g/mol. The van der Waals surface area contributed by atoms with Gasteiger partial charge in [0, 0.05) is 66.5 Å². The van der Waals surface area contributed by atoms with Gasteiger partial charge in [-0.2, -0.15) is 4.31 Å². The molecule has 3 heterocycles. The number of benzene rings is 2. The van der Waals surface area contributed by atoms with Gasteiger partial charge in [0.15, 0.2) is 0 Å². The monoisotopic (exact) mass is 495 g/mol. The Morgan fingerprint density at radius 3 is 2.35 bits per heavy atom. The van der Waals surface area contributed by atoms with E-state index in [1.165, 1.54) is 66.9 Å². The van der Waals surface area contributed by atoms with Crippen LogP contribution in [0.15, 0.2) is 52.7 Å². The minimum Gasteiger partial charge on any atom is -0.369 e. The first kappa shape index (κ1) is 22.5. The minimum atomic E-state index is -3.47. The molecule has 1 saturated heterocycles. The van der Waals surface area contributed by atoms with Crippen molar-refractivity contribution in [3.8, 4) is 0 Å². The van der Waals surface area contributed by atoms with Crippen molar-refractivity contribution in [2.24, 2.45) is 0 Å². The summed E-state index contributed by atoms with van der Waals surface area (Å²) in [6.07, 6.45) is 7.79. The van der Waals surface area contributed by atoms with Gasteiger partial charge < -0.3 is 4.90 Å². The van der Waals surface area contributed by atoms with Gasteiger partial charge in [0.05, 0.1) is 0 Å². The predicted octanol–water partition coefficient (Wildman–Crippen LogP) is 4.76. The molecule has 1 saturated carbocycles. The van der Waals surface area contributed by atoms with Crippen molar-refractivity contribution in [1.29, 1.82) is 0 Å². The number of hydrogen-bond acceptors (Lipinski definition) is 5. The zero-order chi connectivity index (χ0) is 23.1. The van der Waals surface area contributed by atoms with Gasteiger partial charge in [-0.1, -0.05) is 37.1 Å². The van der Waals surface area contributed by atoms with Crippen LogP contribution in [0.25, 0.3) is 10.1 Å². The molecule has 0 atom stereocenters. The van der Waals surface area contributed by atoms with Crippen LogP contribution in [0.4, 0.5) is 5.69 Å². The Bertz CT molecular complexity index is 1270. The van der Waals surface area contributed by atoms with Crippen LogP contribution in [-0.2, 0) is 22.9 Å². The molecule has 7 heteroatoms. The summed E-state index contributed by atoms with van der Waals surface area (Å²) in [5, 5.41) is 2.64. The fourth-order valence-corrected chi connectivity index (χ4v) is 8.94. The highest BCUT2D eigenvalue weighted by molar-refractivity contribution is 7.89. The number of nitrogens with zero attached hydrogens (tertiary/aromatic N) is 3. The Morgan fingerprint density at radius 1 is 0.824 bits per heavy atom. The molecule has 1 aromatic heterocycles. The largest absolute Gasteiger partial charge is 0.369 e. The summed E-state index contributed by atoms with van der Waals surface area (Å²) in [6.45, 7) is 4.87. The molecular formula is C27H33N3O2S2. The quantitative estimate of drug-likeness (QED) is 0.524. The predicted molar refractivity (Wildman–Crippen MR) is 140 cm³/mol. The minimum absolute atomic E-state index is 0.457. The number of fused-ring (bicyclic) bond motifs is 2. The molecule has 3 aliphatic rings. The lowest BCUT2D eigenvalue weighted by molar-refractivity contribution is 0.208. The van der Waals surface area contributed by atoms with Crippen LogP contribution in [0.3, 0.4) is 0 Å². The molecule has 0 radical (unpaired) electrons. The van der Waals surface area contributed by atoms with Crippen molar-refractivity contribution in [2.75, 3.05) is 44.2 Å². The molecule has 0 unspecified atom stereocenters. The van der Waals surface area contributed by atoms with Crippen LogP contribution in [-0.4, -0.2) is 62.9 Å². The third-order valence-electron chi connectivity index (χ3n) is 8.03. The first-order valence-corrected chi connectivity index (χ1v) is 15.0. The Hall–Kier alpha value is -1.93. The number of thiophene rings is 1.